The molecule has 2 fully saturated rings. The highest BCUT2D eigenvalue weighted by atomic mass is 35.5. The van der Waals surface area contributed by atoms with E-state index in [9.17, 15) is 14.4 Å². The second-order valence-electron chi connectivity index (χ2n) is 10.5. The Hall–Kier alpha value is -2.87. The molecule has 3 unspecified atom stereocenters. The van der Waals surface area contributed by atoms with E-state index in [1.54, 1.807) is 24.3 Å². The Kier molecular flexibility index (Phi) is 9.36. The minimum atomic E-state index is -0.409. The molecule has 1 saturated carbocycles. The molecule has 4 atom stereocenters. The standard InChI is InChI=1S/C30H34Cl2N2O5/c1-4-11-34-12-10-30(22-6-5-7-24(15-22)38-19(2)35)17-23(16-28(25(30)18-34)39-20(3)36)33-29(37)14-21-8-9-26(31)27(32)13-21/h4-9,13,15,23,25,28H,1,10-12,14,16-18H2,2-3H3,(H,33,37)/t23-,25?,28?,30?/m1/s1. The molecule has 2 aromatic carbocycles. The lowest BCUT2D eigenvalue weighted by Gasteiger charge is -2.55. The van der Waals surface area contributed by atoms with Crippen LogP contribution in [0.1, 0.15) is 44.2 Å². The summed E-state index contributed by atoms with van der Waals surface area (Å²) >= 11 is 12.2. The van der Waals surface area contributed by atoms with Crippen molar-refractivity contribution in [1.29, 1.82) is 0 Å². The lowest BCUT2D eigenvalue weighted by atomic mass is 9.57. The van der Waals surface area contributed by atoms with Crippen LogP contribution >= 0.6 is 23.2 Å². The third-order valence-electron chi connectivity index (χ3n) is 7.70. The average Bonchev–Trinajstić information content (AvgIpc) is 2.86. The van der Waals surface area contributed by atoms with Crippen LogP contribution in [0.3, 0.4) is 0 Å². The number of ether oxygens (including phenoxy) is 2. The van der Waals surface area contributed by atoms with Crippen molar-refractivity contribution in [3.63, 3.8) is 0 Å². The molecule has 1 amide bonds. The predicted octanol–water partition coefficient (Wildman–Crippen LogP) is 5.12. The molecule has 39 heavy (non-hydrogen) atoms. The maximum absolute atomic E-state index is 13.1. The van der Waals surface area contributed by atoms with Gasteiger partial charge in [-0.2, -0.15) is 0 Å². The van der Waals surface area contributed by atoms with Crippen LogP contribution in [0.5, 0.6) is 5.75 Å². The third kappa shape index (κ3) is 7.02. The number of hydrogen-bond donors (Lipinski definition) is 1. The number of amides is 1. The first kappa shape index (κ1) is 29.1. The minimum absolute atomic E-state index is 0.0223. The molecular formula is C30H34Cl2N2O5. The number of piperidine rings is 1. The smallest absolute Gasteiger partial charge is 0.308 e. The molecule has 2 aliphatic rings. The molecule has 0 aromatic heterocycles. The molecule has 1 saturated heterocycles. The van der Waals surface area contributed by atoms with E-state index in [4.69, 9.17) is 32.7 Å². The molecule has 7 nitrogen and oxygen atoms in total. The zero-order chi connectivity index (χ0) is 28.2. The van der Waals surface area contributed by atoms with Gasteiger partial charge in [-0.25, -0.2) is 0 Å². The van der Waals surface area contributed by atoms with E-state index < -0.39 is 17.5 Å². The topological polar surface area (TPSA) is 84.9 Å². The van der Waals surface area contributed by atoms with Crippen LogP contribution in [0.25, 0.3) is 0 Å². The number of likely N-dealkylation sites (tertiary alicyclic amines) is 1. The summed E-state index contributed by atoms with van der Waals surface area (Å²) in [7, 11) is 0. The Labute approximate surface area is 239 Å². The van der Waals surface area contributed by atoms with Crippen molar-refractivity contribution in [2.45, 2.75) is 57.1 Å². The summed E-state index contributed by atoms with van der Waals surface area (Å²) in [5, 5.41) is 4.03. The van der Waals surface area contributed by atoms with Gasteiger partial charge in [0.25, 0.3) is 0 Å². The van der Waals surface area contributed by atoms with Gasteiger partial charge in [-0.3, -0.25) is 19.3 Å². The van der Waals surface area contributed by atoms with Gasteiger partial charge in [-0.05, 0) is 54.8 Å². The maximum atomic E-state index is 13.1. The summed E-state index contributed by atoms with van der Waals surface area (Å²) in [6.07, 6.45) is 3.57. The predicted molar refractivity (Wildman–Crippen MR) is 151 cm³/mol. The van der Waals surface area contributed by atoms with Gasteiger partial charge in [0.2, 0.25) is 5.91 Å². The van der Waals surface area contributed by atoms with E-state index in [2.05, 4.69) is 16.8 Å². The highest BCUT2D eigenvalue weighted by Crippen LogP contribution is 2.50. The molecule has 1 aliphatic carbocycles. The first-order valence-corrected chi connectivity index (χ1v) is 13.9. The van der Waals surface area contributed by atoms with Crippen LogP contribution < -0.4 is 10.1 Å². The van der Waals surface area contributed by atoms with Crippen molar-refractivity contribution in [2.24, 2.45) is 5.92 Å². The molecule has 2 aromatic rings. The summed E-state index contributed by atoms with van der Waals surface area (Å²) in [4.78, 5) is 39.4. The Balaban J connectivity index is 1.66. The van der Waals surface area contributed by atoms with Crippen molar-refractivity contribution in [1.82, 2.24) is 10.2 Å². The lowest BCUT2D eigenvalue weighted by Crippen LogP contribution is -2.61. The van der Waals surface area contributed by atoms with E-state index in [0.717, 1.165) is 30.6 Å². The number of carbonyl (C=O) groups is 3. The fourth-order valence-electron chi connectivity index (χ4n) is 6.21. The van der Waals surface area contributed by atoms with Gasteiger partial charge < -0.3 is 14.8 Å². The van der Waals surface area contributed by atoms with E-state index in [1.807, 2.05) is 24.3 Å². The van der Waals surface area contributed by atoms with Gasteiger partial charge in [0.1, 0.15) is 11.9 Å². The molecule has 9 heteroatoms. The number of hydrogen-bond acceptors (Lipinski definition) is 6. The molecular weight excluding hydrogens is 539 g/mol. The third-order valence-corrected chi connectivity index (χ3v) is 8.44. The molecule has 1 N–H and O–H groups in total. The van der Waals surface area contributed by atoms with Gasteiger partial charge in [0.15, 0.2) is 0 Å². The first-order valence-electron chi connectivity index (χ1n) is 13.1. The zero-order valence-corrected chi connectivity index (χ0v) is 23.8. The van der Waals surface area contributed by atoms with E-state index in [1.165, 1.54) is 13.8 Å². The second kappa shape index (κ2) is 12.5. The van der Waals surface area contributed by atoms with Gasteiger partial charge in [-0.15, -0.1) is 6.58 Å². The summed E-state index contributed by atoms with van der Waals surface area (Å²) in [6, 6.07) is 12.5. The van der Waals surface area contributed by atoms with Crippen molar-refractivity contribution in [3.05, 3.63) is 76.3 Å². The van der Waals surface area contributed by atoms with E-state index in [0.29, 0.717) is 35.2 Å². The molecule has 0 radical (unpaired) electrons. The Morgan fingerprint density at radius 3 is 2.62 bits per heavy atom. The number of halogens is 2. The lowest BCUT2D eigenvalue weighted by molar-refractivity contribution is -0.157. The molecule has 4 rings (SSSR count). The number of rotatable bonds is 8. The molecule has 208 valence electrons. The summed E-state index contributed by atoms with van der Waals surface area (Å²) in [6.45, 7) is 8.94. The van der Waals surface area contributed by atoms with Crippen LogP contribution in [0.15, 0.2) is 55.1 Å². The monoisotopic (exact) mass is 572 g/mol. The molecule has 0 spiro atoms. The summed E-state index contributed by atoms with van der Waals surface area (Å²) in [5.41, 5.74) is 1.35. The largest absolute Gasteiger partial charge is 0.462 e. The fourth-order valence-corrected chi connectivity index (χ4v) is 6.53. The SMILES string of the molecule is C=CCN1CCC2(c3cccc(OC(C)=O)c3)C[C@H](NC(=O)Cc3ccc(Cl)c(Cl)c3)CC(OC(C)=O)C2C1. The fraction of sp³-hybridized carbons (Fsp3) is 0.433. The maximum Gasteiger partial charge on any atom is 0.308 e. The number of carbonyl (C=O) groups excluding carboxylic acids is 3. The average molecular weight is 574 g/mol. The van der Waals surface area contributed by atoms with Crippen molar-refractivity contribution >= 4 is 41.0 Å². The van der Waals surface area contributed by atoms with Crippen LogP contribution in [-0.4, -0.2) is 54.5 Å². The van der Waals surface area contributed by atoms with Crippen molar-refractivity contribution < 1.29 is 23.9 Å². The van der Waals surface area contributed by atoms with Crippen LogP contribution in [0.4, 0.5) is 0 Å². The highest BCUT2D eigenvalue weighted by Gasteiger charge is 2.53. The van der Waals surface area contributed by atoms with Crippen molar-refractivity contribution in [3.8, 4) is 5.75 Å². The zero-order valence-electron chi connectivity index (χ0n) is 22.3. The second-order valence-corrected chi connectivity index (χ2v) is 11.3. The normalized spacial score (nSPS) is 24.8. The van der Waals surface area contributed by atoms with Gasteiger partial charge in [0, 0.05) is 50.7 Å². The van der Waals surface area contributed by atoms with Gasteiger partial charge in [-0.1, -0.05) is 47.5 Å². The number of esters is 2. The van der Waals surface area contributed by atoms with Crippen molar-refractivity contribution in [2.75, 3.05) is 19.6 Å². The van der Waals surface area contributed by atoms with Gasteiger partial charge in [0.05, 0.1) is 16.5 Å². The van der Waals surface area contributed by atoms with Crippen LogP contribution in [0.2, 0.25) is 10.0 Å². The number of benzene rings is 2. The molecule has 1 heterocycles. The Bertz CT molecular complexity index is 1250. The molecule has 1 aliphatic heterocycles. The minimum Gasteiger partial charge on any atom is -0.462 e. The highest BCUT2D eigenvalue weighted by molar-refractivity contribution is 6.42. The summed E-state index contributed by atoms with van der Waals surface area (Å²) < 4.78 is 11.3. The number of nitrogens with one attached hydrogen (secondary N) is 1. The van der Waals surface area contributed by atoms with Gasteiger partial charge >= 0.3 is 11.9 Å². The van der Waals surface area contributed by atoms with E-state index >= 15 is 0 Å². The quantitative estimate of drug-likeness (QED) is 0.268. The Morgan fingerprint density at radius 1 is 1.13 bits per heavy atom. The van der Waals surface area contributed by atoms with E-state index in [-0.39, 0.29) is 30.3 Å². The van der Waals surface area contributed by atoms with Crippen LogP contribution in [-0.2, 0) is 31.0 Å². The number of fused-ring (bicyclic) bond motifs is 1. The molecule has 0 bridgehead atoms. The first-order chi connectivity index (χ1) is 18.6. The summed E-state index contributed by atoms with van der Waals surface area (Å²) in [5.74, 6) is -0.448. The number of nitrogens with zero attached hydrogens (tertiary/aromatic N) is 1. The van der Waals surface area contributed by atoms with Crippen LogP contribution in [0, 0.1) is 5.92 Å². The Morgan fingerprint density at radius 2 is 1.92 bits per heavy atom.